The molecule has 4 fully saturated rings. The highest BCUT2D eigenvalue weighted by Crippen LogP contribution is 2.77. The van der Waals surface area contributed by atoms with Gasteiger partial charge in [-0.3, -0.25) is 9.59 Å². The number of hydrogen-bond acceptors (Lipinski definition) is 4. The van der Waals surface area contributed by atoms with Gasteiger partial charge in [0.2, 0.25) is 0 Å². The zero-order valence-corrected chi connectivity index (χ0v) is 17.8. The largest absolute Gasteiger partial charge is 0.381 e. The first-order valence-corrected chi connectivity index (χ1v) is 11.0. The Hall–Kier alpha value is -0.970. The Bertz CT molecular complexity index is 848. The number of aliphatic hydroxyl groups is 1. The maximum atomic E-state index is 12.8. The highest BCUT2D eigenvalue weighted by molar-refractivity contribution is 6.29. The number of allylic oxidation sites excluding steroid dienone is 2. The normalized spacial score (nSPS) is 56.3. The molecule has 1 heterocycles. The quantitative estimate of drug-likeness (QED) is 0.565. The predicted molar refractivity (Wildman–Crippen MR) is 106 cm³/mol. The van der Waals surface area contributed by atoms with Crippen LogP contribution >= 0.6 is 11.6 Å². The summed E-state index contributed by atoms with van der Waals surface area (Å²) >= 11 is 5.92. The molecule has 0 radical (unpaired) electrons. The van der Waals surface area contributed by atoms with E-state index in [1.54, 1.807) is 6.08 Å². The van der Waals surface area contributed by atoms with Crippen molar-refractivity contribution in [2.24, 2.45) is 34.5 Å². The molecule has 2 unspecified atom stereocenters. The van der Waals surface area contributed by atoms with Crippen LogP contribution in [0.1, 0.15) is 47.0 Å². The van der Waals surface area contributed by atoms with Crippen LogP contribution in [0.5, 0.6) is 0 Å². The van der Waals surface area contributed by atoms with E-state index in [9.17, 15) is 14.7 Å². The van der Waals surface area contributed by atoms with Gasteiger partial charge in [-0.15, -0.1) is 11.6 Å². The van der Waals surface area contributed by atoms with E-state index >= 15 is 0 Å². The minimum atomic E-state index is -1.39. The first-order valence-electron chi connectivity index (χ1n) is 10.5. The molecule has 1 N–H and O–H groups in total. The summed E-state index contributed by atoms with van der Waals surface area (Å²) < 4.78 is 6.51. The van der Waals surface area contributed by atoms with Crippen molar-refractivity contribution >= 4 is 23.2 Å². The van der Waals surface area contributed by atoms with E-state index in [0.29, 0.717) is 6.42 Å². The minimum absolute atomic E-state index is 0.00236. The molecule has 1 saturated heterocycles. The number of ether oxygens (including phenoxy) is 1. The van der Waals surface area contributed by atoms with Crippen molar-refractivity contribution in [2.75, 3.05) is 5.88 Å². The van der Waals surface area contributed by atoms with Gasteiger partial charge in [0.1, 0.15) is 11.2 Å². The van der Waals surface area contributed by atoms with Crippen LogP contribution < -0.4 is 0 Å². The van der Waals surface area contributed by atoms with Gasteiger partial charge in [0.15, 0.2) is 11.6 Å². The van der Waals surface area contributed by atoms with E-state index in [2.05, 4.69) is 26.8 Å². The lowest BCUT2D eigenvalue weighted by atomic mass is 9.45. The van der Waals surface area contributed by atoms with E-state index in [1.807, 2.05) is 13.0 Å². The SMILES string of the molecule is C[C@@H]1CC2C3C[C@H](C)C4=CC(=O)C=C[C@]4(C)[C@@]34O[C@H]4C[C@]2(C)[C@@]1(O)C(=O)CCl. The van der Waals surface area contributed by atoms with Crippen molar-refractivity contribution < 1.29 is 19.4 Å². The summed E-state index contributed by atoms with van der Waals surface area (Å²) in [6.07, 6.45) is 7.95. The van der Waals surface area contributed by atoms with Crippen LogP contribution in [0.15, 0.2) is 23.8 Å². The second-order valence-corrected chi connectivity index (χ2v) is 10.6. The standard InChI is InChI=1S/C23H29ClO4/c1-12-7-17-16-8-13(2)22(27,18(26)11-24)21(16,4)10-19-23(17,28-19)20(3)6-5-14(25)9-15(12)20/h5-6,9,12-13,16-17,19,27H,7-8,10-11H2,1-4H3/t12-,13+,16?,17?,19-,20-,21-,22-,23+/m0/s1. The molecule has 28 heavy (non-hydrogen) atoms. The maximum absolute atomic E-state index is 12.8. The number of Topliss-reactive ketones (excluding diaryl/α,β-unsaturated/α-hetero) is 1. The average molecular weight is 405 g/mol. The molecule has 5 heteroatoms. The molecular weight excluding hydrogens is 376 g/mol. The molecule has 3 saturated carbocycles. The Morgan fingerprint density at radius 1 is 1.29 bits per heavy atom. The third-order valence-corrected chi connectivity index (χ3v) is 9.63. The van der Waals surface area contributed by atoms with Crippen molar-refractivity contribution in [3.63, 3.8) is 0 Å². The first kappa shape index (κ1) is 19.0. The molecule has 5 rings (SSSR count). The zero-order valence-electron chi connectivity index (χ0n) is 17.0. The molecule has 4 aliphatic carbocycles. The van der Waals surface area contributed by atoms with E-state index in [0.717, 1.165) is 12.8 Å². The second kappa shape index (κ2) is 5.39. The van der Waals surface area contributed by atoms with Gasteiger partial charge in [-0.25, -0.2) is 0 Å². The van der Waals surface area contributed by atoms with Gasteiger partial charge in [-0.2, -0.15) is 0 Å². The monoisotopic (exact) mass is 404 g/mol. The molecule has 0 aromatic carbocycles. The number of rotatable bonds is 2. The molecule has 1 aliphatic heterocycles. The van der Waals surface area contributed by atoms with Gasteiger partial charge < -0.3 is 9.84 Å². The Morgan fingerprint density at radius 3 is 2.68 bits per heavy atom. The molecular formula is C23H29ClO4. The van der Waals surface area contributed by atoms with Gasteiger partial charge in [-0.1, -0.05) is 32.4 Å². The third-order valence-electron chi connectivity index (χ3n) is 9.39. The Kier molecular flexibility index (Phi) is 3.66. The highest BCUT2D eigenvalue weighted by atomic mass is 35.5. The van der Waals surface area contributed by atoms with Crippen LogP contribution in [0.25, 0.3) is 0 Å². The molecule has 5 aliphatic rings. The fourth-order valence-electron chi connectivity index (χ4n) is 8.07. The topological polar surface area (TPSA) is 66.9 Å². The molecule has 9 atom stereocenters. The fraction of sp³-hybridized carbons (Fsp3) is 0.739. The van der Waals surface area contributed by atoms with Gasteiger partial charge in [0, 0.05) is 10.8 Å². The van der Waals surface area contributed by atoms with Crippen molar-refractivity contribution in [3.8, 4) is 0 Å². The van der Waals surface area contributed by atoms with E-state index < -0.39 is 11.0 Å². The zero-order chi connectivity index (χ0) is 20.3. The molecule has 152 valence electrons. The molecule has 0 bridgehead atoms. The number of hydrogen-bond donors (Lipinski definition) is 1. The molecule has 0 amide bonds. The summed E-state index contributed by atoms with van der Waals surface area (Å²) in [6, 6.07) is 0. The van der Waals surface area contributed by atoms with E-state index in [1.165, 1.54) is 5.57 Å². The fourth-order valence-corrected chi connectivity index (χ4v) is 8.27. The number of ketones is 2. The van der Waals surface area contributed by atoms with Gasteiger partial charge in [-0.05, 0) is 62.0 Å². The number of carbonyl (C=O) groups is 2. The number of fused-ring (bicyclic) bond motifs is 3. The molecule has 0 aromatic rings. The summed E-state index contributed by atoms with van der Waals surface area (Å²) in [4.78, 5) is 24.9. The van der Waals surface area contributed by atoms with Crippen molar-refractivity contribution in [1.82, 2.24) is 0 Å². The van der Waals surface area contributed by atoms with Crippen molar-refractivity contribution in [2.45, 2.75) is 64.3 Å². The predicted octanol–water partition coefficient (Wildman–Crippen LogP) is 3.46. The number of alkyl halides is 1. The number of halogens is 1. The van der Waals surface area contributed by atoms with Crippen molar-refractivity contribution in [1.29, 1.82) is 0 Å². The third kappa shape index (κ3) is 1.82. The van der Waals surface area contributed by atoms with Gasteiger partial charge in [0.05, 0.1) is 12.0 Å². The summed E-state index contributed by atoms with van der Waals surface area (Å²) in [5, 5.41) is 11.6. The minimum Gasteiger partial charge on any atom is -0.381 e. The highest BCUT2D eigenvalue weighted by Gasteiger charge is 2.82. The lowest BCUT2D eigenvalue weighted by molar-refractivity contribution is -0.160. The Balaban J connectivity index is 1.63. The lowest BCUT2D eigenvalue weighted by Crippen LogP contribution is -2.62. The maximum Gasteiger partial charge on any atom is 0.179 e. The average Bonchev–Trinajstić information content (AvgIpc) is 3.34. The molecule has 4 nitrogen and oxygen atoms in total. The summed E-state index contributed by atoms with van der Waals surface area (Å²) in [7, 11) is 0. The molecule has 1 spiro atoms. The number of carbonyl (C=O) groups excluding carboxylic acids is 2. The van der Waals surface area contributed by atoms with Crippen LogP contribution in [-0.4, -0.2) is 39.9 Å². The first-order chi connectivity index (χ1) is 13.1. The molecule has 0 aromatic heterocycles. The summed E-state index contributed by atoms with van der Waals surface area (Å²) in [5.41, 5.74) is -1.35. The van der Waals surface area contributed by atoms with Crippen LogP contribution in [0.3, 0.4) is 0 Å². The number of epoxide rings is 1. The Morgan fingerprint density at radius 2 is 2.00 bits per heavy atom. The van der Waals surface area contributed by atoms with Crippen LogP contribution in [0.2, 0.25) is 0 Å². The van der Waals surface area contributed by atoms with Crippen molar-refractivity contribution in [3.05, 3.63) is 23.8 Å². The van der Waals surface area contributed by atoms with Crippen LogP contribution in [-0.2, 0) is 14.3 Å². The van der Waals surface area contributed by atoms with E-state index in [4.69, 9.17) is 16.3 Å². The van der Waals surface area contributed by atoms with Crippen LogP contribution in [0.4, 0.5) is 0 Å². The second-order valence-electron chi connectivity index (χ2n) is 10.4. The van der Waals surface area contributed by atoms with Gasteiger partial charge in [0.25, 0.3) is 0 Å². The van der Waals surface area contributed by atoms with Gasteiger partial charge >= 0.3 is 0 Å². The smallest absolute Gasteiger partial charge is 0.179 e. The van der Waals surface area contributed by atoms with Crippen LogP contribution in [0, 0.1) is 34.5 Å². The lowest BCUT2D eigenvalue weighted by Gasteiger charge is -2.57. The summed E-state index contributed by atoms with van der Waals surface area (Å²) in [6.45, 7) is 8.48. The van der Waals surface area contributed by atoms with E-state index in [-0.39, 0.29) is 58.2 Å². The Labute approximate surface area is 171 Å². The summed E-state index contributed by atoms with van der Waals surface area (Å²) in [5.74, 6) is 0.260.